The first-order valence-corrected chi connectivity index (χ1v) is 13.4. The second-order valence-electron chi connectivity index (χ2n) is 6.83. The molecule has 12 heteroatoms. The van der Waals surface area contributed by atoms with Crippen LogP contribution >= 0.6 is 23.7 Å². The molecular formula is C22H20N4O5S3. The van der Waals surface area contributed by atoms with Crippen molar-refractivity contribution in [3.63, 3.8) is 0 Å². The first-order valence-electron chi connectivity index (χ1n) is 10.2. The molecule has 0 bridgehead atoms. The average molecular weight is 517 g/mol. The van der Waals surface area contributed by atoms with Crippen LogP contribution in [0.3, 0.4) is 0 Å². The summed E-state index contributed by atoms with van der Waals surface area (Å²) in [5.41, 5.74) is 0.608. The minimum atomic E-state index is -4.06. The average Bonchev–Trinajstić information content (AvgIpc) is 3.21. The van der Waals surface area contributed by atoms with Gasteiger partial charge in [0.1, 0.15) is 10.7 Å². The van der Waals surface area contributed by atoms with Gasteiger partial charge in [-0.1, -0.05) is 43.0 Å². The fraction of sp³-hybridized carbons (Fsp3) is 0.182. The fourth-order valence-electron chi connectivity index (χ4n) is 3.10. The Hall–Kier alpha value is -3.09. The van der Waals surface area contributed by atoms with Crippen LogP contribution < -0.4 is 8.92 Å². The fourth-order valence-corrected chi connectivity index (χ4v) is 5.63. The van der Waals surface area contributed by atoms with Gasteiger partial charge in [-0.25, -0.2) is 4.90 Å². The van der Waals surface area contributed by atoms with Gasteiger partial charge in [-0.05, 0) is 48.6 Å². The van der Waals surface area contributed by atoms with Crippen molar-refractivity contribution in [1.82, 2.24) is 4.90 Å². The summed E-state index contributed by atoms with van der Waals surface area (Å²) in [7, 11) is -4.06. The van der Waals surface area contributed by atoms with Crippen molar-refractivity contribution in [1.29, 1.82) is 5.41 Å². The van der Waals surface area contributed by atoms with Crippen LogP contribution in [0.4, 0.5) is 0 Å². The largest absolute Gasteiger partial charge is 0.490 e. The monoisotopic (exact) mass is 516 g/mol. The van der Waals surface area contributed by atoms with Crippen LogP contribution in [0.25, 0.3) is 6.08 Å². The number of carbonyl (C=O) groups is 1. The Morgan fingerprint density at radius 3 is 2.62 bits per heavy atom. The minimum Gasteiger partial charge on any atom is -0.490 e. The highest BCUT2D eigenvalue weighted by Crippen LogP contribution is 2.34. The molecule has 0 unspecified atom stereocenters. The van der Waals surface area contributed by atoms with Crippen molar-refractivity contribution in [2.45, 2.75) is 18.7 Å². The van der Waals surface area contributed by atoms with Crippen molar-refractivity contribution < 1.29 is 22.1 Å². The maximum atomic E-state index is 12.6. The summed E-state index contributed by atoms with van der Waals surface area (Å²) in [5.74, 6) is 0.393. The molecule has 176 valence electrons. The topological polar surface area (TPSA) is 121 Å². The summed E-state index contributed by atoms with van der Waals surface area (Å²) in [6.45, 7) is 4.00. The Labute approximate surface area is 205 Å². The lowest BCUT2D eigenvalue weighted by molar-refractivity contribution is -0.114. The van der Waals surface area contributed by atoms with E-state index in [9.17, 15) is 13.2 Å². The number of fused-ring (bicyclic) bond motifs is 1. The minimum absolute atomic E-state index is 0.0166. The SMILES string of the molecule is CCOc1cc(/C=C2/C(=N)N3C(SCC)=NSC3=NC2=O)ccc1OS(=O)(=O)c1ccccc1. The van der Waals surface area contributed by atoms with E-state index in [0.29, 0.717) is 15.9 Å². The lowest BCUT2D eigenvalue weighted by Gasteiger charge is -2.24. The molecule has 34 heavy (non-hydrogen) atoms. The molecule has 2 aliphatic rings. The smallest absolute Gasteiger partial charge is 0.339 e. The standard InChI is InChI=1S/C22H20N4O5S3/c1-3-30-18-13-14(10-11-17(18)31-34(28,29)15-8-6-5-7-9-15)12-16-19(23)26-21(24-20(16)27)33-25-22(26)32-4-2/h5-13,23H,3-4H2,1-2H3/b16-12-,23-19?. The lowest BCUT2D eigenvalue weighted by Crippen LogP contribution is -2.41. The number of ether oxygens (including phenoxy) is 1. The summed E-state index contributed by atoms with van der Waals surface area (Å²) in [4.78, 5) is 18.2. The Morgan fingerprint density at radius 2 is 1.91 bits per heavy atom. The van der Waals surface area contributed by atoms with E-state index in [0.717, 1.165) is 17.7 Å². The first kappa shape index (κ1) is 24.0. The second kappa shape index (κ2) is 10.0. The van der Waals surface area contributed by atoms with Crippen LogP contribution in [-0.4, -0.2) is 47.8 Å². The molecule has 1 N–H and O–H groups in total. The molecule has 1 amide bonds. The zero-order valence-corrected chi connectivity index (χ0v) is 20.7. The van der Waals surface area contributed by atoms with Crippen molar-refractivity contribution in [2.75, 3.05) is 12.4 Å². The highest BCUT2D eigenvalue weighted by atomic mass is 32.2. The summed E-state index contributed by atoms with van der Waals surface area (Å²) < 4.78 is 40.5. The number of aliphatic imine (C=N–C) groups is 1. The van der Waals surface area contributed by atoms with Crippen LogP contribution in [0.2, 0.25) is 0 Å². The van der Waals surface area contributed by atoms with Gasteiger partial charge in [0.05, 0.1) is 24.1 Å². The van der Waals surface area contributed by atoms with Gasteiger partial charge in [0.25, 0.3) is 5.91 Å². The van der Waals surface area contributed by atoms with Gasteiger partial charge < -0.3 is 8.92 Å². The molecule has 0 saturated heterocycles. The predicted octanol–water partition coefficient (Wildman–Crippen LogP) is 4.18. The first-order chi connectivity index (χ1) is 16.3. The molecule has 0 atom stereocenters. The van der Waals surface area contributed by atoms with Gasteiger partial charge in [-0.15, -0.1) is 0 Å². The molecule has 0 radical (unpaired) electrons. The van der Waals surface area contributed by atoms with E-state index in [4.69, 9.17) is 14.3 Å². The van der Waals surface area contributed by atoms with E-state index >= 15 is 0 Å². The number of carbonyl (C=O) groups excluding carboxylic acids is 1. The number of nitrogens with zero attached hydrogens (tertiary/aromatic N) is 3. The van der Waals surface area contributed by atoms with Crippen molar-refractivity contribution in [2.24, 2.45) is 9.39 Å². The molecule has 9 nitrogen and oxygen atoms in total. The number of rotatable bonds is 7. The highest BCUT2D eigenvalue weighted by molar-refractivity contribution is 8.19. The Bertz CT molecular complexity index is 1340. The highest BCUT2D eigenvalue weighted by Gasteiger charge is 2.37. The number of nitrogens with one attached hydrogen (secondary N) is 1. The summed E-state index contributed by atoms with van der Waals surface area (Å²) in [6.07, 6.45) is 1.51. The van der Waals surface area contributed by atoms with E-state index in [1.165, 1.54) is 36.0 Å². The van der Waals surface area contributed by atoms with Crippen molar-refractivity contribution in [3.8, 4) is 11.5 Å². The lowest BCUT2D eigenvalue weighted by atomic mass is 10.1. The number of amidine groups is 3. The van der Waals surface area contributed by atoms with Crippen LogP contribution in [0.15, 0.2) is 68.4 Å². The van der Waals surface area contributed by atoms with E-state index in [-0.39, 0.29) is 34.4 Å². The van der Waals surface area contributed by atoms with Gasteiger partial charge in [-0.3, -0.25) is 10.2 Å². The molecular weight excluding hydrogens is 496 g/mol. The zero-order valence-electron chi connectivity index (χ0n) is 18.2. The quantitative estimate of drug-likeness (QED) is 0.330. The van der Waals surface area contributed by atoms with Gasteiger partial charge in [-0.2, -0.15) is 17.8 Å². The molecule has 0 spiro atoms. The van der Waals surface area contributed by atoms with Gasteiger partial charge in [0.2, 0.25) is 5.17 Å². The Morgan fingerprint density at radius 1 is 1.15 bits per heavy atom. The summed E-state index contributed by atoms with van der Waals surface area (Å²) in [5, 5.41) is 9.52. The number of hydrogen-bond acceptors (Lipinski definition) is 9. The Kier molecular flexibility index (Phi) is 7.10. The number of thioether (sulfide) groups is 1. The van der Waals surface area contributed by atoms with Crippen molar-refractivity contribution in [3.05, 3.63) is 59.7 Å². The van der Waals surface area contributed by atoms with Crippen LogP contribution in [0.1, 0.15) is 19.4 Å². The Balaban J connectivity index is 1.66. The molecule has 0 fully saturated rings. The van der Waals surface area contributed by atoms with E-state index in [2.05, 4.69) is 9.39 Å². The number of benzene rings is 2. The normalized spacial score (nSPS) is 16.9. The van der Waals surface area contributed by atoms with E-state index in [1.807, 2.05) is 6.92 Å². The van der Waals surface area contributed by atoms with Crippen LogP contribution in [0.5, 0.6) is 11.5 Å². The van der Waals surface area contributed by atoms with Gasteiger partial charge in [0, 0.05) is 0 Å². The van der Waals surface area contributed by atoms with Crippen molar-refractivity contribution >= 4 is 62.0 Å². The predicted molar refractivity (Wildman–Crippen MR) is 135 cm³/mol. The van der Waals surface area contributed by atoms with E-state index < -0.39 is 16.0 Å². The number of amides is 1. The third-order valence-corrected chi connectivity index (χ3v) is 7.46. The molecule has 2 aromatic rings. The third-order valence-electron chi connectivity index (χ3n) is 4.58. The molecule has 0 saturated carbocycles. The molecule has 2 aliphatic heterocycles. The van der Waals surface area contributed by atoms with Gasteiger partial charge >= 0.3 is 10.1 Å². The third kappa shape index (κ3) is 4.88. The van der Waals surface area contributed by atoms with Gasteiger partial charge in [0.15, 0.2) is 16.7 Å². The zero-order chi connectivity index (χ0) is 24.3. The van der Waals surface area contributed by atoms with E-state index in [1.54, 1.807) is 42.2 Å². The van der Waals surface area contributed by atoms with Crippen LogP contribution in [0, 0.1) is 5.41 Å². The molecule has 0 aromatic heterocycles. The molecule has 4 rings (SSSR count). The summed E-state index contributed by atoms with van der Waals surface area (Å²) in [6, 6.07) is 12.4. The molecule has 2 aromatic carbocycles. The molecule has 0 aliphatic carbocycles. The maximum absolute atomic E-state index is 12.6. The van der Waals surface area contributed by atoms with Crippen LogP contribution in [-0.2, 0) is 14.9 Å². The summed E-state index contributed by atoms with van der Waals surface area (Å²) >= 11 is 2.52. The maximum Gasteiger partial charge on any atom is 0.339 e. The molecule has 2 heterocycles. The second-order valence-corrected chi connectivity index (χ2v) is 10.3. The number of hydrogen-bond donors (Lipinski definition) is 1.